The Balaban J connectivity index is 1.53. The zero-order valence-electron chi connectivity index (χ0n) is 19.2. The average Bonchev–Trinajstić information content (AvgIpc) is 3.55. The molecule has 8 nitrogen and oxygen atoms in total. The van der Waals surface area contributed by atoms with E-state index >= 15 is 0 Å². The fourth-order valence-electron chi connectivity index (χ4n) is 5.10. The Morgan fingerprint density at radius 1 is 0.972 bits per heavy atom. The van der Waals surface area contributed by atoms with Crippen molar-refractivity contribution in [2.24, 2.45) is 0 Å². The number of fused-ring (bicyclic) bond motifs is 5. The van der Waals surface area contributed by atoms with Gasteiger partial charge in [0.2, 0.25) is 11.7 Å². The summed E-state index contributed by atoms with van der Waals surface area (Å²) in [7, 11) is 2.94. The molecule has 1 unspecified atom stereocenters. The number of carbonyl (C=O) groups excluding carboxylic acids is 1. The molecule has 0 bridgehead atoms. The first-order valence-corrected chi connectivity index (χ1v) is 11.1. The van der Waals surface area contributed by atoms with Crippen LogP contribution in [0.4, 0.5) is 18.9 Å². The molecule has 3 aromatic rings. The number of benzene rings is 2. The largest absolute Gasteiger partial charge is 0.493 e. The first-order valence-electron chi connectivity index (χ1n) is 11.1. The summed E-state index contributed by atoms with van der Waals surface area (Å²) >= 11 is 0. The molecular formula is C25H20F3NO7. The lowest BCUT2D eigenvalue weighted by molar-refractivity contribution is -0.153. The minimum Gasteiger partial charge on any atom is -0.493 e. The fourth-order valence-corrected chi connectivity index (χ4v) is 5.10. The third kappa shape index (κ3) is 3.04. The summed E-state index contributed by atoms with van der Waals surface area (Å²) in [6.07, 6.45) is -4.64. The molecule has 0 aliphatic carbocycles. The van der Waals surface area contributed by atoms with Crippen molar-refractivity contribution in [2.45, 2.75) is 18.1 Å². The van der Waals surface area contributed by atoms with Gasteiger partial charge in [0.05, 0.1) is 26.5 Å². The summed E-state index contributed by atoms with van der Waals surface area (Å²) in [5, 5.41) is 0. The van der Waals surface area contributed by atoms with Gasteiger partial charge >= 0.3 is 6.18 Å². The lowest BCUT2D eigenvalue weighted by Crippen LogP contribution is -2.42. The van der Waals surface area contributed by atoms with Gasteiger partial charge in [-0.25, -0.2) is 0 Å². The minimum atomic E-state index is -4.64. The van der Waals surface area contributed by atoms with Crippen LogP contribution in [0.25, 0.3) is 0 Å². The second-order valence-electron chi connectivity index (χ2n) is 8.54. The Morgan fingerprint density at radius 3 is 2.39 bits per heavy atom. The number of amides is 1. The summed E-state index contributed by atoms with van der Waals surface area (Å²) in [5.41, 5.74) is 0.142. The molecule has 3 aliphatic rings. The topological polar surface area (TPSA) is 79.6 Å². The molecule has 6 rings (SSSR count). The molecule has 1 amide bonds. The van der Waals surface area contributed by atoms with E-state index in [0.717, 1.165) is 6.07 Å². The van der Waals surface area contributed by atoms with E-state index in [1.54, 1.807) is 24.3 Å². The number of alkyl halides is 3. The van der Waals surface area contributed by atoms with Crippen molar-refractivity contribution < 1.29 is 46.1 Å². The van der Waals surface area contributed by atoms with E-state index in [9.17, 15) is 18.0 Å². The van der Waals surface area contributed by atoms with Gasteiger partial charge in [-0.15, -0.1) is 0 Å². The quantitative estimate of drug-likeness (QED) is 0.525. The number of hydrogen-bond donors (Lipinski definition) is 0. The number of hydrogen-bond acceptors (Lipinski definition) is 7. The molecule has 0 radical (unpaired) electrons. The predicted molar refractivity (Wildman–Crippen MR) is 118 cm³/mol. The lowest BCUT2D eigenvalue weighted by Gasteiger charge is -2.25. The molecule has 36 heavy (non-hydrogen) atoms. The molecular weight excluding hydrogens is 483 g/mol. The highest BCUT2D eigenvalue weighted by molar-refractivity contribution is 6.12. The second-order valence-corrected chi connectivity index (χ2v) is 8.54. The summed E-state index contributed by atoms with van der Waals surface area (Å²) < 4.78 is 73.0. The zero-order chi connectivity index (χ0) is 25.2. The molecule has 3 aliphatic heterocycles. The highest BCUT2D eigenvalue weighted by atomic mass is 19.4. The standard InChI is InChI=1S/C25H20F3NO7/c1-31-16-5-4-15-21(22(16)32-2)24(12-35-17-10-19-18(9-14(17)24)33-7-8-34-19)23(30)29(15)11-13-3-6-20(36-13)25(26,27)28/h3-6,9-10H,7-8,11-12H2,1-2H3. The summed E-state index contributed by atoms with van der Waals surface area (Å²) in [4.78, 5) is 15.6. The van der Waals surface area contributed by atoms with E-state index in [1.165, 1.54) is 25.2 Å². The van der Waals surface area contributed by atoms with Gasteiger partial charge in [-0.05, 0) is 30.3 Å². The van der Waals surface area contributed by atoms with Gasteiger partial charge in [0.15, 0.2) is 23.0 Å². The minimum absolute atomic E-state index is 0.0187. The first kappa shape index (κ1) is 22.4. The normalized spacial score (nSPS) is 19.8. The molecule has 11 heteroatoms. The summed E-state index contributed by atoms with van der Waals surface area (Å²) in [6, 6.07) is 8.77. The van der Waals surface area contributed by atoms with Crippen LogP contribution in [-0.2, 0) is 22.9 Å². The first-order chi connectivity index (χ1) is 17.3. The van der Waals surface area contributed by atoms with Crippen molar-refractivity contribution in [3.8, 4) is 28.7 Å². The predicted octanol–water partition coefficient (Wildman–Crippen LogP) is 4.31. The van der Waals surface area contributed by atoms with Gasteiger partial charge in [0.25, 0.3) is 0 Å². The van der Waals surface area contributed by atoms with Crippen LogP contribution in [0.2, 0.25) is 0 Å². The van der Waals surface area contributed by atoms with Crippen molar-refractivity contribution >= 4 is 11.6 Å². The zero-order valence-corrected chi connectivity index (χ0v) is 19.2. The number of anilines is 1. The van der Waals surface area contributed by atoms with Crippen LogP contribution in [0.3, 0.4) is 0 Å². The van der Waals surface area contributed by atoms with E-state index in [1.807, 2.05) is 0 Å². The van der Waals surface area contributed by atoms with Crippen LogP contribution in [0.15, 0.2) is 40.8 Å². The Morgan fingerprint density at radius 2 is 1.72 bits per heavy atom. The van der Waals surface area contributed by atoms with Gasteiger partial charge in [-0.3, -0.25) is 4.79 Å². The monoisotopic (exact) mass is 503 g/mol. The molecule has 188 valence electrons. The van der Waals surface area contributed by atoms with Crippen LogP contribution >= 0.6 is 0 Å². The number of nitrogens with zero attached hydrogens (tertiary/aromatic N) is 1. The molecule has 0 saturated heterocycles. The van der Waals surface area contributed by atoms with E-state index < -0.39 is 23.3 Å². The van der Waals surface area contributed by atoms with Crippen LogP contribution in [0.5, 0.6) is 28.7 Å². The molecule has 2 aromatic carbocycles. The van der Waals surface area contributed by atoms with E-state index in [2.05, 4.69) is 0 Å². The van der Waals surface area contributed by atoms with Gasteiger partial charge in [0.1, 0.15) is 36.7 Å². The van der Waals surface area contributed by atoms with Crippen LogP contribution in [0.1, 0.15) is 22.6 Å². The average molecular weight is 503 g/mol. The number of ether oxygens (including phenoxy) is 5. The lowest BCUT2D eigenvalue weighted by atomic mass is 9.76. The van der Waals surface area contributed by atoms with Crippen molar-refractivity contribution in [1.29, 1.82) is 0 Å². The smallest absolute Gasteiger partial charge is 0.449 e. The van der Waals surface area contributed by atoms with Gasteiger partial charge < -0.3 is 33.0 Å². The molecule has 1 atom stereocenters. The van der Waals surface area contributed by atoms with Gasteiger partial charge in [-0.1, -0.05) is 0 Å². The molecule has 0 saturated carbocycles. The number of carbonyl (C=O) groups is 1. The number of methoxy groups -OCH3 is 2. The van der Waals surface area contributed by atoms with Crippen LogP contribution in [-0.4, -0.2) is 39.9 Å². The molecule has 0 fully saturated rings. The Labute approximate surface area is 203 Å². The summed E-state index contributed by atoms with van der Waals surface area (Å²) in [5.74, 6) is 0.598. The summed E-state index contributed by atoms with van der Waals surface area (Å²) in [6.45, 7) is 0.468. The maximum absolute atomic E-state index is 14.2. The molecule has 0 N–H and O–H groups in total. The van der Waals surface area contributed by atoms with Gasteiger partial charge in [0, 0.05) is 17.2 Å². The molecule has 1 spiro atoms. The SMILES string of the molecule is COc1ccc2c(c1OC)C1(COc3cc4c(cc31)OCCO4)C(=O)N2Cc1ccc(C(F)(F)F)o1. The maximum atomic E-state index is 14.2. The van der Waals surface area contributed by atoms with Crippen molar-refractivity contribution in [1.82, 2.24) is 0 Å². The Bertz CT molecular complexity index is 1380. The highest BCUT2D eigenvalue weighted by Gasteiger charge is 2.59. The third-order valence-corrected chi connectivity index (χ3v) is 6.65. The van der Waals surface area contributed by atoms with Crippen molar-refractivity contribution in [3.63, 3.8) is 0 Å². The van der Waals surface area contributed by atoms with Crippen LogP contribution < -0.4 is 28.6 Å². The number of furan rings is 1. The van der Waals surface area contributed by atoms with Crippen molar-refractivity contribution in [3.05, 3.63) is 59.0 Å². The molecule has 1 aromatic heterocycles. The van der Waals surface area contributed by atoms with Crippen LogP contribution in [0, 0.1) is 0 Å². The van der Waals surface area contributed by atoms with E-state index in [-0.39, 0.29) is 18.9 Å². The Hall–Kier alpha value is -4.02. The maximum Gasteiger partial charge on any atom is 0.449 e. The van der Waals surface area contributed by atoms with Crippen molar-refractivity contribution in [2.75, 3.05) is 38.9 Å². The van der Waals surface area contributed by atoms with E-state index in [0.29, 0.717) is 58.8 Å². The fraction of sp³-hybridized carbons (Fsp3) is 0.320. The number of rotatable bonds is 4. The molecule has 4 heterocycles. The van der Waals surface area contributed by atoms with E-state index in [4.69, 9.17) is 28.1 Å². The van der Waals surface area contributed by atoms with Gasteiger partial charge in [-0.2, -0.15) is 13.2 Å². The Kier molecular flexibility index (Phi) is 4.83. The number of halogens is 3. The second kappa shape index (κ2) is 7.74. The third-order valence-electron chi connectivity index (χ3n) is 6.65. The highest BCUT2D eigenvalue weighted by Crippen LogP contribution is 2.59.